The first-order valence-corrected chi connectivity index (χ1v) is 9.82. The summed E-state index contributed by atoms with van der Waals surface area (Å²) in [6.45, 7) is 1.66. The van der Waals surface area contributed by atoms with Crippen molar-refractivity contribution >= 4 is 32.5 Å². The van der Waals surface area contributed by atoms with E-state index in [1.54, 1.807) is 12.1 Å². The average Bonchev–Trinajstić information content (AvgIpc) is 3.06. The number of sulfonamides is 1. The van der Waals surface area contributed by atoms with Gasteiger partial charge in [0.1, 0.15) is 0 Å². The van der Waals surface area contributed by atoms with Crippen LogP contribution >= 0.6 is 11.6 Å². The number of aromatic nitrogens is 1. The highest BCUT2D eigenvalue weighted by Gasteiger charge is 2.26. The van der Waals surface area contributed by atoms with Crippen LogP contribution in [-0.2, 0) is 14.8 Å². The topological polar surface area (TPSA) is 62.4 Å². The largest absolute Gasteiger partial charge is 0.379 e. The van der Waals surface area contributed by atoms with E-state index in [9.17, 15) is 8.42 Å². The number of benzene rings is 2. The molecule has 2 heterocycles. The number of hydrogen-bond donors (Lipinski definition) is 1. The lowest BCUT2D eigenvalue weighted by molar-refractivity contribution is 0.0730. The lowest BCUT2D eigenvalue weighted by Crippen LogP contribution is -2.40. The Labute approximate surface area is 151 Å². The molecule has 130 valence electrons. The zero-order chi connectivity index (χ0) is 17.4. The second kappa shape index (κ2) is 6.46. The SMILES string of the molecule is O=S(=O)(c1ccc2[nH]c(-c3ccc(Cl)cc3)cc2c1)N1CCOCC1. The maximum atomic E-state index is 12.8. The summed E-state index contributed by atoms with van der Waals surface area (Å²) >= 11 is 5.93. The Morgan fingerprint density at radius 2 is 1.72 bits per heavy atom. The van der Waals surface area contributed by atoms with Gasteiger partial charge in [-0.1, -0.05) is 23.7 Å². The van der Waals surface area contributed by atoms with E-state index in [-0.39, 0.29) is 0 Å². The minimum absolute atomic E-state index is 0.309. The van der Waals surface area contributed by atoms with E-state index >= 15 is 0 Å². The Morgan fingerprint density at radius 1 is 1.00 bits per heavy atom. The number of H-pyrrole nitrogens is 1. The summed E-state index contributed by atoms with van der Waals surface area (Å²) in [5, 5.41) is 1.54. The van der Waals surface area contributed by atoms with Gasteiger partial charge in [0.15, 0.2) is 0 Å². The summed E-state index contributed by atoms with van der Waals surface area (Å²) in [5.41, 5.74) is 2.82. The normalized spacial score (nSPS) is 16.4. The first kappa shape index (κ1) is 16.6. The number of ether oxygens (including phenoxy) is 1. The van der Waals surface area contributed by atoms with Crippen molar-refractivity contribution in [3.8, 4) is 11.3 Å². The molecular formula is C18H17ClN2O3S. The first-order chi connectivity index (χ1) is 12.0. The Hall–Kier alpha value is -1.86. The fourth-order valence-corrected chi connectivity index (χ4v) is 4.56. The lowest BCUT2D eigenvalue weighted by atomic mass is 10.1. The Morgan fingerprint density at radius 3 is 2.44 bits per heavy atom. The number of hydrogen-bond acceptors (Lipinski definition) is 3. The van der Waals surface area contributed by atoms with Crippen molar-refractivity contribution in [2.45, 2.75) is 4.90 Å². The number of halogens is 1. The average molecular weight is 377 g/mol. The molecule has 0 amide bonds. The van der Waals surface area contributed by atoms with E-state index in [2.05, 4.69) is 4.98 Å². The first-order valence-electron chi connectivity index (χ1n) is 8.01. The molecule has 1 aliphatic rings. The summed E-state index contributed by atoms with van der Waals surface area (Å²) in [4.78, 5) is 3.63. The number of fused-ring (bicyclic) bond motifs is 1. The van der Waals surface area contributed by atoms with Gasteiger partial charge in [0, 0.05) is 34.7 Å². The summed E-state index contributed by atoms with van der Waals surface area (Å²) in [6, 6.07) is 14.6. The van der Waals surface area contributed by atoms with E-state index in [1.807, 2.05) is 36.4 Å². The monoisotopic (exact) mass is 376 g/mol. The molecule has 7 heteroatoms. The predicted octanol–water partition coefficient (Wildman–Crippen LogP) is 3.51. The van der Waals surface area contributed by atoms with Gasteiger partial charge in [-0.15, -0.1) is 0 Å². The van der Waals surface area contributed by atoms with Crippen LogP contribution in [0.1, 0.15) is 0 Å². The van der Waals surface area contributed by atoms with Crippen LogP contribution in [0, 0.1) is 0 Å². The van der Waals surface area contributed by atoms with Gasteiger partial charge in [0.25, 0.3) is 0 Å². The molecule has 25 heavy (non-hydrogen) atoms. The molecule has 3 aromatic rings. The van der Waals surface area contributed by atoms with Crippen LogP contribution in [0.25, 0.3) is 22.2 Å². The molecule has 4 rings (SSSR count). The van der Waals surface area contributed by atoms with E-state index in [4.69, 9.17) is 16.3 Å². The molecule has 0 unspecified atom stereocenters. The van der Waals surface area contributed by atoms with Crippen molar-refractivity contribution in [1.29, 1.82) is 0 Å². The van der Waals surface area contributed by atoms with Crippen molar-refractivity contribution in [3.05, 3.63) is 53.6 Å². The zero-order valence-corrected chi connectivity index (χ0v) is 15.0. The third-order valence-electron chi connectivity index (χ3n) is 4.36. The maximum Gasteiger partial charge on any atom is 0.243 e. The Bertz CT molecular complexity index is 1010. The van der Waals surface area contributed by atoms with Gasteiger partial charge in [0.05, 0.1) is 18.1 Å². The van der Waals surface area contributed by atoms with Crippen LogP contribution in [0.2, 0.25) is 5.02 Å². The second-order valence-corrected chi connectivity index (χ2v) is 8.33. The highest BCUT2D eigenvalue weighted by Crippen LogP contribution is 2.28. The van der Waals surface area contributed by atoms with E-state index in [1.165, 1.54) is 4.31 Å². The molecule has 2 aromatic carbocycles. The standard InChI is InChI=1S/C18H17ClN2O3S/c19-15-3-1-13(2-4-15)18-12-14-11-16(5-6-17(14)20-18)25(22,23)21-7-9-24-10-8-21/h1-6,11-12,20H,7-10H2. The Kier molecular flexibility index (Phi) is 4.29. The number of morpholine rings is 1. The summed E-state index contributed by atoms with van der Waals surface area (Å²) in [5.74, 6) is 0. The van der Waals surface area contributed by atoms with Crippen LogP contribution in [0.3, 0.4) is 0 Å². The van der Waals surface area contributed by atoms with Gasteiger partial charge in [-0.2, -0.15) is 4.31 Å². The molecule has 1 aliphatic heterocycles. The predicted molar refractivity (Wildman–Crippen MR) is 98.3 cm³/mol. The van der Waals surface area contributed by atoms with Crippen LogP contribution in [0.5, 0.6) is 0 Å². The maximum absolute atomic E-state index is 12.8. The van der Waals surface area contributed by atoms with Crippen LogP contribution < -0.4 is 0 Å². The van der Waals surface area contributed by atoms with Crippen molar-refractivity contribution in [3.63, 3.8) is 0 Å². The molecule has 0 spiro atoms. The van der Waals surface area contributed by atoms with Gasteiger partial charge in [-0.25, -0.2) is 8.42 Å². The van der Waals surface area contributed by atoms with Crippen molar-refractivity contribution < 1.29 is 13.2 Å². The van der Waals surface area contributed by atoms with Crippen LogP contribution in [0.15, 0.2) is 53.4 Å². The van der Waals surface area contributed by atoms with Crippen molar-refractivity contribution in [2.75, 3.05) is 26.3 Å². The van der Waals surface area contributed by atoms with Gasteiger partial charge >= 0.3 is 0 Å². The quantitative estimate of drug-likeness (QED) is 0.760. The molecule has 1 aromatic heterocycles. The van der Waals surface area contributed by atoms with Gasteiger partial charge < -0.3 is 9.72 Å². The number of nitrogens with zero attached hydrogens (tertiary/aromatic N) is 1. The second-order valence-electron chi connectivity index (χ2n) is 5.96. The van der Waals surface area contributed by atoms with E-state index in [0.29, 0.717) is 36.2 Å². The molecule has 1 saturated heterocycles. The molecule has 5 nitrogen and oxygen atoms in total. The molecule has 0 bridgehead atoms. The number of rotatable bonds is 3. The summed E-state index contributed by atoms with van der Waals surface area (Å²) in [6.07, 6.45) is 0. The lowest BCUT2D eigenvalue weighted by Gasteiger charge is -2.26. The highest BCUT2D eigenvalue weighted by atomic mass is 35.5. The smallest absolute Gasteiger partial charge is 0.243 e. The summed E-state index contributed by atoms with van der Waals surface area (Å²) in [7, 11) is -3.49. The Balaban J connectivity index is 1.71. The highest BCUT2D eigenvalue weighted by molar-refractivity contribution is 7.89. The van der Waals surface area contributed by atoms with Crippen LogP contribution in [-0.4, -0.2) is 44.0 Å². The molecule has 0 atom stereocenters. The molecular weight excluding hydrogens is 360 g/mol. The number of nitrogens with one attached hydrogen (secondary N) is 1. The third-order valence-corrected chi connectivity index (χ3v) is 6.50. The zero-order valence-electron chi connectivity index (χ0n) is 13.4. The molecule has 0 aliphatic carbocycles. The van der Waals surface area contributed by atoms with Gasteiger partial charge in [0.2, 0.25) is 10.0 Å². The van der Waals surface area contributed by atoms with E-state index < -0.39 is 10.0 Å². The molecule has 1 fully saturated rings. The third kappa shape index (κ3) is 3.18. The van der Waals surface area contributed by atoms with Gasteiger partial charge in [-0.05, 0) is 42.0 Å². The molecule has 0 saturated carbocycles. The van der Waals surface area contributed by atoms with Crippen LogP contribution in [0.4, 0.5) is 0 Å². The molecule has 1 N–H and O–H groups in total. The minimum Gasteiger partial charge on any atom is -0.379 e. The summed E-state index contributed by atoms with van der Waals surface area (Å²) < 4.78 is 32.3. The number of aromatic amines is 1. The minimum atomic E-state index is -3.49. The van der Waals surface area contributed by atoms with Crippen molar-refractivity contribution in [1.82, 2.24) is 9.29 Å². The fourth-order valence-electron chi connectivity index (χ4n) is 2.99. The van der Waals surface area contributed by atoms with Gasteiger partial charge in [-0.3, -0.25) is 0 Å². The molecule has 0 radical (unpaired) electrons. The fraction of sp³-hybridized carbons (Fsp3) is 0.222. The van der Waals surface area contributed by atoms with Crippen molar-refractivity contribution in [2.24, 2.45) is 0 Å². The van der Waals surface area contributed by atoms with E-state index in [0.717, 1.165) is 22.2 Å².